The standard InChI is InChI=1S/C10H19N3O4/c1-4-13(6(2)5-8(14)15)10(17)12-7(3)9(11)16/h6-7H,4-5H2,1-3H3,(H2,11,16)(H,12,17)(H,14,15). The molecule has 17 heavy (non-hydrogen) atoms. The second-order valence-electron chi connectivity index (χ2n) is 3.81. The van der Waals surface area contributed by atoms with Crippen LogP contribution < -0.4 is 11.1 Å². The SMILES string of the molecule is CCN(C(=O)NC(C)C(N)=O)C(C)CC(=O)O. The molecule has 98 valence electrons. The van der Waals surface area contributed by atoms with Crippen molar-refractivity contribution in [3.8, 4) is 0 Å². The van der Waals surface area contributed by atoms with Crippen LogP contribution in [0.5, 0.6) is 0 Å². The van der Waals surface area contributed by atoms with Crippen molar-refractivity contribution in [2.75, 3.05) is 6.54 Å². The van der Waals surface area contributed by atoms with Crippen LogP contribution in [0.3, 0.4) is 0 Å². The second kappa shape index (κ2) is 6.72. The molecule has 7 nitrogen and oxygen atoms in total. The molecule has 0 radical (unpaired) electrons. The zero-order valence-corrected chi connectivity index (χ0v) is 10.3. The fourth-order valence-electron chi connectivity index (χ4n) is 1.36. The number of aliphatic carboxylic acids is 1. The summed E-state index contributed by atoms with van der Waals surface area (Å²) in [4.78, 5) is 34.4. The first-order valence-electron chi connectivity index (χ1n) is 5.37. The van der Waals surface area contributed by atoms with Crippen molar-refractivity contribution in [1.29, 1.82) is 0 Å². The van der Waals surface area contributed by atoms with Crippen LogP contribution in [-0.2, 0) is 9.59 Å². The van der Waals surface area contributed by atoms with Crippen LogP contribution in [0.15, 0.2) is 0 Å². The van der Waals surface area contributed by atoms with Crippen molar-refractivity contribution in [2.24, 2.45) is 5.73 Å². The molecule has 0 aromatic carbocycles. The van der Waals surface area contributed by atoms with Gasteiger partial charge in [0.05, 0.1) is 6.42 Å². The minimum absolute atomic E-state index is 0.147. The fourth-order valence-corrected chi connectivity index (χ4v) is 1.36. The van der Waals surface area contributed by atoms with Gasteiger partial charge >= 0.3 is 12.0 Å². The summed E-state index contributed by atoms with van der Waals surface area (Å²) in [5.41, 5.74) is 5.02. The monoisotopic (exact) mass is 245 g/mol. The zero-order valence-electron chi connectivity index (χ0n) is 10.3. The normalized spacial score (nSPS) is 13.6. The maximum absolute atomic E-state index is 11.7. The molecule has 0 aromatic rings. The minimum atomic E-state index is -0.980. The van der Waals surface area contributed by atoms with E-state index in [9.17, 15) is 14.4 Å². The van der Waals surface area contributed by atoms with Crippen LogP contribution in [0.25, 0.3) is 0 Å². The molecule has 4 N–H and O–H groups in total. The summed E-state index contributed by atoms with van der Waals surface area (Å²) < 4.78 is 0. The van der Waals surface area contributed by atoms with Crippen LogP contribution in [-0.4, -0.2) is 46.5 Å². The van der Waals surface area contributed by atoms with Crippen LogP contribution in [0.4, 0.5) is 4.79 Å². The van der Waals surface area contributed by atoms with Crippen molar-refractivity contribution < 1.29 is 19.5 Å². The highest BCUT2D eigenvalue weighted by atomic mass is 16.4. The van der Waals surface area contributed by atoms with E-state index in [1.165, 1.54) is 11.8 Å². The minimum Gasteiger partial charge on any atom is -0.481 e. The molecule has 0 aliphatic carbocycles. The van der Waals surface area contributed by atoms with E-state index in [-0.39, 0.29) is 6.42 Å². The molecule has 0 spiro atoms. The number of rotatable bonds is 6. The quantitative estimate of drug-likeness (QED) is 0.599. The molecule has 0 aliphatic heterocycles. The average molecular weight is 245 g/mol. The van der Waals surface area contributed by atoms with E-state index in [2.05, 4.69) is 5.32 Å². The van der Waals surface area contributed by atoms with Crippen molar-refractivity contribution in [2.45, 2.75) is 39.3 Å². The maximum atomic E-state index is 11.7. The number of carbonyl (C=O) groups is 3. The molecule has 0 heterocycles. The number of amides is 3. The summed E-state index contributed by atoms with van der Waals surface area (Å²) in [6.07, 6.45) is -0.147. The van der Waals surface area contributed by atoms with Gasteiger partial charge in [-0.3, -0.25) is 9.59 Å². The molecule has 0 aliphatic rings. The van der Waals surface area contributed by atoms with Crippen LogP contribution in [0.2, 0.25) is 0 Å². The Balaban J connectivity index is 4.49. The first-order chi connectivity index (χ1) is 7.79. The van der Waals surface area contributed by atoms with Gasteiger partial charge < -0.3 is 21.1 Å². The lowest BCUT2D eigenvalue weighted by Crippen LogP contribution is -2.51. The Hall–Kier alpha value is -1.79. The molecule has 0 rings (SSSR count). The number of carboxylic acid groups (broad SMARTS) is 1. The summed E-state index contributed by atoms with van der Waals surface area (Å²) in [7, 11) is 0. The topological polar surface area (TPSA) is 113 Å². The third kappa shape index (κ3) is 5.19. The molecular weight excluding hydrogens is 226 g/mol. The lowest BCUT2D eigenvalue weighted by molar-refractivity contribution is -0.138. The summed E-state index contributed by atoms with van der Waals surface area (Å²) in [5.74, 6) is -1.62. The summed E-state index contributed by atoms with van der Waals surface area (Å²) in [6, 6.07) is -1.72. The van der Waals surface area contributed by atoms with E-state index in [0.717, 1.165) is 0 Å². The molecule has 0 fully saturated rings. The Labute approximate surface area is 100.0 Å². The molecule has 0 saturated carbocycles. The lowest BCUT2D eigenvalue weighted by Gasteiger charge is -2.28. The van der Waals surface area contributed by atoms with Crippen molar-refractivity contribution in [3.63, 3.8) is 0 Å². The Morgan fingerprint density at radius 2 is 1.88 bits per heavy atom. The highest BCUT2D eigenvalue weighted by Crippen LogP contribution is 2.04. The summed E-state index contributed by atoms with van der Waals surface area (Å²) in [5, 5.41) is 11.1. The van der Waals surface area contributed by atoms with Gasteiger partial charge in [-0.25, -0.2) is 4.79 Å². The van der Waals surface area contributed by atoms with Gasteiger partial charge in [0, 0.05) is 12.6 Å². The molecule has 0 aromatic heterocycles. The van der Waals surface area contributed by atoms with E-state index in [0.29, 0.717) is 6.54 Å². The third-order valence-corrected chi connectivity index (χ3v) is 2.37. The van der Waals surface area contributed by atoms with Crippen LogP contribution in [0, 0.1) is 0 Å². The number of urea groups is 1. The average Bonchev–Trinajstić information content (AvgIpc) is 2.16. The second-order valence-corrected chi connectivity index (χ2v) is 3.81. The zero-order chi connectivity index (χ0) is 13.6. The summed E-state index contributed by atoms with van der Waals surface area (Å²) in [6.45, 7) is 5.18. The summed E-state index contributed by atoms with van der Waals surface area (Å²) >= 11 is 0. The number of nitrogens with one attached hydrogen (secondary N) is 1. The number of carboxylic acids is 1. The van der Waals surface area contributed by atoms with E-state index in [4.69, 9.17) is 10.8 Å². The van der Waals surface area contributed by atoms with Gasteiger partial charge in [0.25, 0.3) is 0 Å². The van der Waals surface area contributed by atoms with E-state index in [1.54, 1.807) is 13.8 Å². The lowest BCUT2D eigenvalue weighted by atomic mass is 10.2. The van der Waals surface area contributed by atoms with Crippen molar-refractivity contribution in [3.05, 3.63) is 0 Å². The number of nitrogens with zero attached hydrogens (tertiary/aromatic N) is 1. The highest BCUT2D eigenvalue weighted by Gasteiger charge is 2.22. The van der Waals surface area contributed by atoms with Gasteiger partial charge in [0.1, 0.15) is 6.04 Å². The number of primary amides is 1. The van der Waals surface area contributed by atoms with Crippen molar-refractivity contribution >= 4 is 17.9 Å². The Bertz CT molecular complexity index is 306. The van der Waals surface area contributed by atoms with Crippen LogP contribution in [0.1, 0.15) is 27.2 Å². The van der Waals surface area contributed by atoms with Gasteiger partial charge in [0.15, 0.2) is 0 Å². The van der Waals surface area contributed by atoms with Crippen LogP contribution >= 0.6 is 0 Å². The van der Waals surface area contributed by atoms with Gasteiger partial charge in [-0.2, -0.15) is 0 Å². The van der Waals surface area contributed by atoms with E-state index < -0.39 is 30.0 Å². The maximum Gasteiger partial charge on any atom is 0.318 e. The highest BCUT2D eigenvalue weighted by molar-refractivity contribution is 5.85. The Kier molecular flexibility index (Phi) is 6.01. The number of hydrogen-bond donors (Lipinski definition) is 3. The first kappa shape index (κ1) is 15.2. The molecule has 2 unspecified atom stereocenters. The predicted molar refractivity (Wildman–Crippen MR) is 61.3 cm³/mol. The fraction of sp³-hybridized carbons (Fsp3) is 0.700. The number of nitrogens with two attached hydrogens (primary N) is 1. The first-order valence-corrected chi connectivity index (χ1v) is 5.37. The third-order valence-electron chi connectivity index (χ3n) is 2.37. The molecule has 2 atom stereocenters. The number of hydrogen-bond acceptors (Lipinski definition) is 3. The molecule has 7 heteroatoms. The number of carbonyl (C=O) groups excluding carboxylic acids is 2. The van der Waals surface area contributed by atoms with Gasteiger partial charge in [-0.15, -0.1) is 0 Å². The molecular formula is C10H19N3O4. The molecule has 0 saturated heterocycles. The van der Waals surface area contributed by atoms with Crippen molar-refractivity contribution in [1.82, 2.24) is 10.2 Å². The predicted octanol–water partition coefficient (Wildman–Crippen LogP) is -0.245. The Morgan fingerprint density at radius 3 is 2.24 bits per heavy atom. The molecule has 0 bridgehead atoms. The van der Waals surface area contributed by atoms with Gasteiger partial charge in [-0.05, 0) is 20.8 Å². The van der Waals surface area contributed by atoms with Gasteiger partial charge in [0.2, 0.25) is 5.91 Å². The smallest absolute Gasteiger partial charge is 0.318 e. The van der Waals surface area contributed by atoms with E-state index >= 15 is 0 Å². The van der Waals surface area contributed by atoms with E-state index in [1.807, 2.05) is 0 Å². The van der Waals surface area contributed by atoms with Gasteiger partial charge in [-0.1, -0.05) is 0 Å². The Morgan fingerprint density at radius 1 is 1.35 bits per heavy atom. The molecule has 3 amide bonds. The largest absolute Gasteiger partial charge is 0.481 e.